The maximum absolute atomic E-state index is 14.8. The summed E-state index contributed by atoms with van der Waals surface area (Å²) in [4.78, 5) is 17.8. The van der Waals surface area contributed by atoms with Gasteiger partial charge < -0.3 is 19.3 Å². The normalized spacial score (nSPS) is 14.2. The highest BCUT2D eigenvalue weighted by atomic mass is 32.2. The van der Waals surface area contributed by atoms with Crippen LogP contribution in [0.2, 0.25) is 0 Å². The van der Waals surface area contributed by atoms with Crippen molar-refractivity contribution in [1.29, 1.82) is 0 Å². The van der Waals surface area contributed by atoms with Crippen LogP contribution in [0.5, 0.6) is 11.6 Å². The van der Waals surface area contributed by atoms with Gasteiger partial charge in [-0.2, -0.15) is 0 Å². The molecule has 8 nitrogen and oxygen atoms in total. The molecule has 1 atom stereocenters. The Hall–Kier alpha value is -3.34. The minimum atomic E-state index is -0.974. The number of rotatable bonds is 14. The largest absolute Gasteiger partial charge is 0.489 e. The molecule has 0 spiro atoms. The molecule has 1 saturated carbocycles. The smallest absolute Gasteiger partial charge is 0.226 e. The molecule has 2 aromatic heterocycles. The number of hydrogen-bond acceptors (Lipinski definition) is 8. The average Bonchev–Trinajstić information content (AvgIpc) is 3.47. The van der Waals surface area contributed by atoms with Crippen LogP contribution in [-0.2, 0) is 23.9 Å². The second-order valence-electron chi connectivity index (χ2n) is 9.92. The summed E-state index contributed by atoms with van der Waals surface area (Å²) in [5, 5.41) is 0. The zero-order valence-corrected chi connectivity index (χ0v) is 24.1. The third-order valence-corrected chi connectivity index (χ3v) is 7.82. The third kappa shape index (κ3) is 7.87. The molecule has 216 valence electrons. The quantitative estimate of drug-likeness (QED) is 0.262. The lowest BCUT2D eigenvalue weighted by atomic mass is 10.1. The monoisotopic (exact) mass is 573 g/mol. The van der Waals surface area contributed by atoms with Crippen LogP contribution >= 0.6 is 0 Å². The zero-order valence-electron chi connectivity index (χ0n) is 23.3. The standard InChI is InChI=1S/C29H37F2N5O3S/c1-4-35(18-21-8-5-6-9-21)26-12-13-27(38-2)34-25(26)20-36(19-22-10-7-11-24(30)28(22)31)29-32-16-23(17-33-29)39-14-15-40(3)37/h7,10-13,16-17,21H,4-6,8-9,14-15,18-20H2,1-3H3. The predicted molar refractivity (Wildman–Crippen MR) is 153 cm³/mol. The van der Waals surface area contributed by atoms with Gasteiger partial charge in [0.05, 0.1) is 49.8 Å². The average molecular weight is 574 g/mol. The van der Waals surface area contributed by atoms with Crippen molar-refractivity contribution in [1.82, 2.24) is 15.0 Å². The first-order valence-corrected chi connectivity index (χ1v) is 15.3. The number of methoxy groups -OCH3 is 1. The van der Waals surface area contributed by atoms with Crippen molar-refractivity contribution in [2.45, 2.75) is 45.7 Å². The molecule has 1 aliphatic carbocycles. The molecule has 1 aromatic carbocycles. The van der Waals surface area contributed by atoms with Gasteiger partial charge in [0.2, 0.25) is 11.8 Å². The number of aromatic nitrogens is 3. The van der Waals surface area contributed by atoms with E-state index in [9.17, 15) is 13.0 Å². The molecule has 0 amide bonds. The second-order valence-corrected chi connectivity index (χ2v) is 11.5. The summed E-state index contributed by atoms with van der Waals surface area (Å²) in [5.74, 6) is 0.411. The van der Waals surface area contributed by atoms with E-state index in [4.69, 9.17) is 14.5 Å². The van der Waals surface area contributed by atoms with Crippen molar-refractivity contribution in [3.05, 3.63) is 65.6 Å². The van der Waals surface area contributed by atoms with Gasteiger partial charge in [-0.05, 0) is 37.8 Å². The van der Waals surface area contributed by atoms with E-state index >= 15 is 0 Å². The molecule has 1 fully saturated rings. The Kier molecular flexibility index (Phi) is 10.6. The summed E-state index contributed by atoms with van der Waals surface area (Å²) < 4.78 is 51.2. The zero-order chi connectivity index (χ0) is 28.5. The van der Waals surface area contributed by atoms with Crippen molar-refractivity contribution < 1.29 is 22.5 Å². The van der Waals surface area contributed by atoms with Crippen molar-refractivity contribution in [2.24, 2.45) is 5.92 Å². The predicted octanol–water partition coefficient (Wildman–Crippen LogP) is 5.14. The van der Waals surface area contributed by atoms with Gasteiger partial charge in [-0.25, -0.2) is 23.7 Å². The van der Waals surface area contributed by atoms with Crippen LogP contribution in [-0.4, -0.2) is 58.0 Å². The van der Waals surface area contributed by atoms with Gasteiger partial charge in [-0.3, -0.25) is 4.21 Å². The van der Waals surface area contributed by atoms with Gasteiger partial charge in [-0.15, -0.1) is 0 Å². The molecule has 0 aliphatic heterocycles. The molecule has 0 saturated heterocycles. The number of halogens is 2. The van der Waals surface area contributed by atoms with E-state index in [2.05, 4.69) is 21.8 Å². The second kappa shape index (κ2) is 14.3. The summed E-state index contributed by atoms with van der Waals surface area (Å²) in [5.41, 5.74) is 1.87. The summed E-state index contributed by atoms with van der Waals surface area (Å²) in [7, 11) is 0.593. The third-order valence-electron chi connectivity index (χ3n) is 7.08. The number of anilines is 2. The fraction of sp³-hybridized carbons (Fsp3) is 0.483. The molecule has 11 heteroatoms. The molecule has 1 aliphatic rings. The number of ether oxygens (including phenoxy) is 2. The number of benzene rings is 1. The van der Waals surface area contributed by atoms with Crippen LogP contribution in [0, 0.1) is 17.6 Å². The van der Waals surface area contributed by atoms with Crippen molar-refractivity contribution in [2.75, 3.05) is 48.6 Å². The lowest BCUT2D eigenvalue weighted by Gasteiger charge is -2.30. The highest BCUT2D eigenvalue weighted by Gasteiger charge is 2.23. The Morgan fingerprint density at radius 2 is 1.80 bits per heavy atom. The summed E-state index contributed by atoms with van der Waals surface area (Å²) >= 11 is 0. The Balaban J connectivity index is 1.66. The van der Waals surface area contributed by atoms with Crippen LogP contribution < -0.4 is 19.3 Å². The molecule has 2 heterocycles. The molecule has 40 heavy (non-hydrogen) atoms. The molecule has 0 N–H and O–H groups in total. The highest BCUT2D eigenvalue weighted by molar-refractivity contribution is 7.84. The van der Waals surface area contributed by atoms with Crippen LogP contribution in [0.3, 0.4) is 0 Å². The van der Waals surface area contributed by atoms with Crippen molar-refractivity contribution in [3.63, 3.8) is 0 Å². The maximum Gasteiger partial charge on any atom is 0.226 e. The number of hydrogen-bond donors (Lipinski definition) is 0. The van der Waals surface area contributed by atoms with E-state index in [1.807, 2.05) is 12.1 Å². The van der Waals surface area contributed by atoms with Gasteiger partial charge in [0.25, 0.3) is 0 Å². The van der Waals surface area contributed by atoms with E-state index in [0.717, 1.165) is 30.5 Å². The summed E-state index contributed by atoms with van der Waals surface area (Å²) in [6.07, 6.45) is 9.61. The highest BCUT2D eigenvalue weighted by Crippen LogP contribution is 2.31. The SMILES string of the molecule is CCN(CC1CCCC1)c1ccc(OC)nc1CN(Cc1cccc(F)c1F)c1ncc(OCCS(C)=O)cn1. The number of nitrogens with zero attached hydrogens (tertiary/aromatic N) is 5. The van der Waals surface area contributed by atoms with Gasteiger partial charge in [-0.1, -0.05) is 25.0 Å². The molecule has 0 radical (unpaired) electrons. The molecule has 3 aromatic rings. The van der Waals surface area contributed by atoms with Crippen LogP contribution in [0.15, 0.2) is 42.7 Å². The lowest BCUT2D eigenvalue weighted by molar-refractivity contribution is 0.339. The molecule has 1 unspecified atom stereocenters. The molecular weight excluding hydrogens is 536 g/mol. The Labute approximate surface area is 237 Å². The summed E-state index contributed by atoms with van der Waals surface area (Å²) in [6, 6.07) is 7.98. The number of pyridine rings is 1. The minimum absolute atomic E-state index is 0.0195. The van der Waals surface area contributed by atoms with Gasteiger partial charge in [0, 0.05) is 48.3 Å². The molecular formula is C29H37F2N5O3S. The Bertz CT molecular complexity index is 1280. The van der Waals surface area contributed by atoms with Crippen molar-refractivity contribution in [3.8, 4) is 11.6 Å². The van der Waals surface area contributed by atoms with Crippen molar-refractivity contribution >= 4 is 22.4 Å². The van der Waals surface area contributed by atoms with Crippen LogP contribution in [0.4, 0.5) is 20.4 Å². The van der Waals surface area contributed by atoms with Crippen LogP contribution in [0.1, 0.15) is 43.9 Å². The fourth-order valence-corrected chi connectivity index (χ4v) is 5.29. The van der Waals surface area contributed by atoms with E-state index in [1.54, 1.807) is 24.3 Å². The van der Waals surface area contributed by atoms with E-state index in [-0.39, 0.29) is 25.3 Å². The Morgan fingerprint density at radius 3 is 2.48 bits per heavy atom. The molecule has 0 bridgehead atoms. The van der Waals surface area contributed by atoms with Gasteiger partial charge in [0.1, 0.15) is 0 Å². The minimum Gasteiger partial charge on any atom is -0.489 e. The maximum atomic E-state index is 14.8. The first kappa shape index (κ1) is 29.6. The van der Waals surface area contributed by atoms with Gasteiger partial charge in [0.15, 0.2) is 17.4 Å². The van der Waals surface area contributed by atoms with E-state index in [1.165, 1.54) is 44.1 Å². The fourth-order valence-electron chi connectivity index (χ4n) is 4.97. The van der Waals surface area contributed by atoms with E-state index < -0.39 is 22.4 Å². The topological polar surface area (TPSA) is 80.7 Å². The van der Waals surface area contributed by atoms with E-state index in [0.29, 0.717) is 29.2 Å². The lowest BCUT2D eigenvalue weighted by Crippen LogP contribution is -2.31. The summed E-state index contributed by atoms with van der Waals surface area (Å²) in [6.45, 7) is 4.39. The van der Waals surface area contributed by atoms with Gasteiger partial charge >= 0.3 is 0 Å². The first-order chi connectivity index (χ1) is 19.4. The first-order valence-electron chi connectivity index (χ1n) is 13.6. The van der Waals surface area contributed by atoms with Crippen LogP contribution in [0.25, 0.3) is 0 Å². The molecule has 4 rings (SSSR count). The Morgan fingerprint density at radius 1 is 1.05 bits per heavy atom.